The summed E-state index contributed by atoms with van der Waals surface area (Å²) in [4.78, 5) is 16.8. The van der Waals surface area contributed by atoms with Gasteiger partial charge in [0.05, 0.1) is 10.0 Å². The molecule has 0 aliphatic rings. The van der Waals surface area contributed by atoms with Crippen LogP contribution in [-0.4, -0.2) is 32.1 Å². The average molecular weight is 451 g/mol. The molecular weight excluding hydrogens is 436 g/mol. The molecule has 0 unspecified atom stereocenters. The molecule has 11 heteroatoms. The minimum Gasteiger partial charge on any atom is -0.489 e. The molecule has 0 radical (unpaired) electrons. The van der Waals surface area contributed by atoms with Crippen LogP contribution in [0.15, 0.2) is 41.6 Å². The number of rotatable bonds is 7. The molecule has 1 amide bonds. The number of oxime groups is 1. The Morgan fingerprint density at radius 2 is 1.79 bits per heavy atom. The molecule has 0 spiro atoms. The molecule has 0 aliphatic carbocycles. The fraction of sp³-hybridized carbons (Fsp3) is 0.222. The Balaban J connectivity index is 2.27. The van der Waals surface area contributed by atoms with Gasteiger partial charge in [0.25, 0.3) is 5.91 Å². The molecule has 0 aromatic heterocycles. The zero-order valence-corrected chi connectivity index (χ0v) is 16.7. The first-order chi connectivity index (χ1) is 13.7. The van der Waals surface area contributed by atoms with E-state index in [0.29, 0.717) is 11.1 Å². The van der Waals surface area contributed by atoms with E-state index in [0.717, 1.165) is 12.1 Å². The van der Waals surface area contributed by atoms with Crippen LogP contribution in [0.2, 0.25) is 10.0 Å². The summed E-state index contributed by atoms with van der Waals surface area (Å²) in [6.07, 6.45) is -4.94. The van der Waals surface area contributed by atoms with E-state index < -0.39 is 18.0 Å². The molecule has 0 saturated carbocycles. The number of nitrogens with one attached hydrogen (secondary N) is 1. The largest absolute Gasteiger partial charge is 0.573 e. The molecule has 0 atom stereocenters. The highest BCUT2D eigenvalue weighted by Crippen LogP contribution is 2.40. The molecule has 2 rings (SSSR count). The Bertz CT molecular complexity index is 897. The van der Waals surface area contributed by atoms with Gasteiger partial charge in [0.1, 0.15) is 19.5 Å². The number of carbonyl (C=O) groups excluding carboxylic acids is 1. The van der Waals surface area contributed by atoms with Crippen LogP contribution >= 0.6 is 23.2 Å². The predicted octanol–water partition coefficient (Wildman–Crippen LogP) is 4.57. The summed E-state index contributed by atoms with van der Waals surface area (Å²) < 4.78 is 46.7. The summed E-state index contributed by atoms with van der Waals surface area (Å²) in [6, 6.07) is 9.03. The molecule has 156 valence electrons. The molecular formula is C18H15Cl2F3N2O4. The van der Waals surface area contributed by atoms with Crippen molar-refractivity contribution in [3.8, 4) is 11.5 Å². The number of benzene rings is 2. The van der Waals surface area contributed by atoms with Crippen LogP contribution in [0.1, 0.15) is 11.1 Å². The van der Waals surface area contributed by atoms with Crippen LogP contribution in [0.25, 0.3) is 0 Å². The van der Waals surface area contributed by atoms with Crippen LogP contribution < -0.4 is 14.8 Å². The molecule has 6 nitrogen and oxygen atoms in total. The molecule has 0 saturated heterocycles. The summed E-state index contributed by atoms with van der Waals surface area (Å²) in [5.74, 6) is -1.09. The second kappa shape index (κ2) is 9.71. The van der Waals surface area contributed by atoms with Gasteiger partial charge in [-0.05, 0) is 5.56 Å². The van der Waals surface area contributed by atoms with Crippen molar-refractivity contribution >= 4 is 34.8 Å². The third kappa shape index (κ3) is 6.16. The monoisotopic (exact) mass is 450 g/mol. The number of likely N-dealkylation sites (N-methyl/N-ethyl adjacent to an activating group) is 1. The minimum atomic E-state index is -4.94. The quantitative estimate of drug-likeness (QED) is 0.495. The normalized spacial score (nSPS) is 11.8. The van der Waals surface area contributed by atoms with Crippen LogP contribution in [0, 0.1) is 0 Å². The number of hydrogen-bond donors (Lipinski definition) is 1. The molecule has 1 N–H and O–H groups in total. The summed E-state index contributed by atoms with van der Waals surface area (Å²) in [6.45, 7) is -0.0535. The van der Waals surface area contributed by atoms with Crippen LogP contribution in [0.3, 0.4) is 0 Å². The standard InChI is InChI=1S/C18H15Cl2F3N2O4/c1-24-17(26)15(25-27-2)12-6-4-3-5-10(12)9-28-11-7-13(19)16(14(20)8-11)29-18(21,22)23/h3-8H,9H2,1-2H3,(H,24,26). The third-order valence-corrected chi connectivity index (χ3v) is 4.04. The van der Waals surface area contributed by atoms with Crippen molar-refractivity contribution in [3.05, 3.63) is 57.6 Å². The Labute approximate surface area is 174 Å². The third-order valence-electron chi connectivity index (χ3n) is 3.48. The van der Waals surface area contributed by atoms with Gasteiger partial charge in [0.15, 0.2) is 11.5 Å². The second-order valence-corrected chi connectivity index (χ2v) is 6.23. The lowest BCUT2D eigenvalue weighted by molar-refractivity contribution is -0.274. The lowest BCUT2D eigenvalue weighted by Crippen LogP contribution is -2.29. The molecule has 2 aromatic rings. The van der Waals surface area contributed by atoms with E-state index in [1.54, 1.807) is 24.3 Å². The number of nitrogens with zero attached hydrogens (tertiary/aromatic N) is 1. The molecule has 29 heavy (non-hydrogen) atoms. The molecule has 2 aromatic carbocycles. The van der Waals surface area contributed by atoms with Crippen LogP contribution in [0.5, 0.6) is 11.5 Å². The molecule has 0 fully saturated rings. The van der Waals surface area contributed by atoms with Crippen LogP contribution in [0.4, 0.5) is 13.2 Å². The van der Waals surface area contributed by atoms with Gasteiger partial charge in [0.2, 0.25) is 0 Å². The van der Waals surface area contributed by atoms with Crippen molar-refractivity contribution in [3.63, 3.8) is 0 Å². The number of alkyl halides is 3. The Hall–Kier alpha value is -2.65. The zero-order valence-electron chi connectivity index (χ0n) is 15.1. The maximum absolute atomic E-state index is 12.4. The van der Waals surface area contributed by atoms with Gasteiger partial charge < -0.3 is 19.6 Å². The second-order valence-electron chi connectivity index (χ2n) is 5.41. The number of halogens is 5. The maximum Gasteiger partial charge on any atom is 0.573 e. The van der Waals surface area contributed by atoms with E-state index in [1.165, 1.54) is 14.2 Å². The lowest BCUT2D eigenvalue weighted by atomic mass is 10.0. The number of carbonyl (C=O) groups is 1. The van der Waals surface area contributed by atoms with Crippen molar-refractivity contribution in [1.29, 1.82) is 0 Å². The fourth-order valence-corrected chi connectivity index (χ4v) is 2.84. The van der Waals surface area contributed by atoms with Gasteiger partial charge in [-0.15, -0.1) is 13.2 Å². The van der Waals surface area contributed by atoms with Crippen LogP contribution in [-0.2, 0) is 16.2 Å². The molecule has 0 aliphatic heterocycles. The number of hydrogen-bond acceptors (Lipinski definition) is 5. The maximum atomic E-state index is 12.4. The Morgan fingerprint density at radius 1 is 1.17 bits per heavy atom. The highest BCUT2D eigenvalue weighted by Gasteiger charge is 2.33. The van der Waals surface area contributed by atoms with Gasteiger partial charge in [-0.2, -0.15) is 0 Å². The van der Waals surface area contributed by atoms with Gasteiger partial charge in [-0.25, -0.2) is 0 Å². The smallest absolute Gasteiger partial charge is 0.489 e. The van der Waals surface area contributed by atoms with Gasteiger partial charge >= 0.3 is 6.36 Å². The summed E-state index contributed by atoms with van der Waals surface area (Å²) in [5.41, 5.74) is 1.04. The Kier molecular flexibility index (Phi) is 7.58. The first-order valence-electron chi connectivity index (χ1n) is 7.95. The highest BCUT2D eigenvalue weighted by molar-refractivity contribution is 6.45. The van der Waals surface area contributed by atoms with Gasteiger partial charge in [-0.1, -0.05) is 52.6 Å². The summed E-state index contributed by atoms with van der Waals surface area (Å²) in [7, 11) is 2.75. The SMILES string of the molecule is CNC(=O)C(=NOC)c1ccccc1COc1cc(Cl)c(OC(F)(F)F)c(Cl)c1. The molecule has 0 bridgehead atoms. The van der Waals surface area contributed by atoms with E-state index in [4.69, 9.17) is 32.8 Å². The van der Waals surface area contributed by atoms with E-state index in [9.17, 15) is 18.0 Å². The van der Waals surface area contributed by atoms with Gasteiger partial charge in [0, 0.05) is 24.7 Å². The fourth-order valence-electron chi connectivity index (χ4n) is 2.29. The van der Waals surface area contributed by atoms with Crippen molar-refractivity contribution in [2.24, 2.45) is 5.16 Å². The van der Waals surface area contributed by atoms with E-state index in [1.807, 2.05) is 0 Å². The lowest BCUT2D eigenvalue weighted by Gasteiger charge is -2.15. The zero-order chi connectivity index (χ0) is 21.6. The topological polar surface area (TPSA) is 69.2 Å². The van der Waals surface area contributed by atoms with Crippen molar-refractivity contribution in [2.75, 3.05) is 14.2 Å². The summed E-state index contributed by atoms with van der Waals surface area (Å²) >= 11 is 11.7. The van der Waals surface area contributed by atoms with Crippen molar-refractivity contribution < 1.29 is 32.3 Å². The summed E-state index contributed by atoms with van der Waals surface area (Å²) in [5, 5.41) is 5.46. The van der Waals surface area contributed by atoms with E-state index >= 15 is 0 Å². The van der Waals surface area contributed by atoms with Gasteiger partial charge in [-0.3, -0.25) is 4.79 Å². The van der Waals surface area contributed by atoms with Crippen molar-refractivity contribution in [1.82, 2.24) is 5.32 Å². The molecule has 0 heterocycles. The van der Waals surface area contributed by atoms with Crippen molar-refractivity contribution in [2.45, 2.75) is 13.0 Å². The average Bonchev–Trinajstić information content (AvgIpc) is 2.66. The Morgan fingerprint density at radius 3 is 2.34 bits per heavy atom. The number of amides is 1. The number of ether oxygens (including phenoxy) is 2. The highest BCUT2D eigenvalue weighted by atomic mass is 35.5. The first kappa shape index (κ1) is 22.6. The minimum absolute atomic E-state index is 0.0270. The van der Waals surface area contributed by atoms with E-state index in [2.05, 4.69) is 15.2 Å². The first-order valence-corrected chi connectivity index (χ1v) is 8.71. The predicted molar refractivity (Wildman–Crippen MR) is 102 cm³/mol. The van der Waals surface area contributed by atoms with E-state index in [-0.39, 0.29) is 28.1 Å².